The summed E-state index contributed by atoms with van der Waals surface area (Å²) in [5, 5.41) is 7.71. The Balaban J connectivity index is 1.27. The maximum absolute atomic E-state index is 13.3. The summed E-state index contributed by atoms with van der Waals surface area (Å²) in [6.45, 7) is 5.23. The number of hydrogen-bond acceptors (Lipinski definition) is 5. The molecule has 3 aliphatic rings. The van der Waals surface area contributed by atoms with Crippen LogP contribution in [0.1, 0.15) is 39.9 Å². The lowest BCUT2D eigenvalue weighted by Crippen LogP contribution is -2.53. The lowest BCUT2D eigenvalue weighted by Gasteiger charge is -2.30. The molecule has 0 spiro atoms. The van der Waals surface area contributed by atoms with Gasteiger partial charge in [0.2, 0.25) is 11.8 Å². The first-order valence-electron chi connectivity index (χ1n) is 12.3. The molecule has 3 aromatic rings. The molecular formula is C28H28N4O3. The summed E-state index contributed by atoms with van der Waals surface area (Å²) in [6.07, 6.45) is 1.34. The standard InChI is InChI=1S/C28H28N4O3/c33-25-11-10-24(27(34)30-25)32-23-9-8-20(21-2-1-3-22(26(21)23)28(32)35)16-18-4-6-19(7-5-18)17-31-14-12-29-13-15-31/h1-9,24,29H,10-17H2,(H,30,33,34). The monoisotopic (exact) mass is 468 g/mol. The van der Waals surface area contributed by atoms with Crippen LogP contribution >= 0.6 is 0 Å². The van der Waals surface area contributed by atoms with Crippen LogP contribution in [0.15, 0.2) is 54.6 Å². The summed E-state index contributed by atoms with van der Waals surface area (Å²) in [4.78, 5) is 41.5. The van der Waals surface area contributed by atoms with Crippen LogP contribution in [0.3, 0.4) is 0 Å². The highest BCUT2D eigenvalue weighted by Gasteiger charge is 2.40. The van der Waals surface area contributed by atoms with Gasteiger partial charge in [-0.05, 0) is 47.1 Å². The number of piperazine rings is 1. The topological polar surface area (TPSA) is 81.8 Å². The van der Waals surface area contributed by atoms with Crippen LogP contribution in [0.25, 0.3) is 10.8 Å². The molecule has 6 rings (SSSR count). The molecule has 178 valence electrons. The van der Waals surface area contributed by atoms with E-state index in [-0.39, 0.29) is 18.2 Å². The molecule has 0 radical (unpaired) electrons. The molecule has 7 heteroatoms. The summed E-state index contributed by atoms with van der Waals surface area (Å²) in [5.41, 5.74) is 5.07. The molecule has 3 heterocycles. The molecule has 0 aliphatic carbocycles. The molecule has 2 fully saturated rings. The van der Waals surface area contributed by atoms with Crippen LogP contribution in [-0.4, -0.2) is 54.8 Å². The average Bonchev–Trinajstić information content (AvgIpc) is 3.15. The molecule has 2 saturated heterocycles. The van der Waals surface area contributed by atoms with E-state index in [2.05, 4.69) is 51.9 Å². The van der Waals surface area contributed by atoms with Gasteiger partial charge in [-0.3, -0.25) is 29.5 Å². The third-order valence-electron chi connectivity index (χ3n) is 7.37. The minimum atomic E-state index is -0.662. The van der Waals surface area contributed by atoms with Gasteiger partial charge in [-0.25, -0.2) is 0 Å². The van der Waals surface area contributed by atoms with Crippen LogP contribution in [0, 0.1) is 0 Å². The van der Waals surface area contributed by atoms with Crippen molar-refractivity contribution in [1.82, 2.24) is 15.5 Å². The Morgan fingerprint density at radius 3 is 2.43 bits per heavy atom. The minimum Gasteiger partial charge on any atom is -0.314 e. The Morgan fingerprint density at radius 2 is 1.66 bits per heavy atom. The SMILES string of the molecule is O=C1CCC(N2C(=O)c3cccc4c(Cc5ccc(CN6CCNCC6)cc5)ccc2c34)C(=O)N1. The van der Waals surface area contributed by atoms with Crippen LogP contribution in [0.2, 0.25) is 0 Å². The number of rotatable bonds is 5. The molecule has 35 heavy (non-hydrogen) atoms. The van der Waals surface area contributed by atoms with Crippen molar-refractivity contribution in [3.63, 3.8) is 0 Å². The number of piperidine rings is 1. The number of nitrogens with zero attached hydrogens (tertiary/aromatic N) is 2. The highest BCUT2D eigenvalue weighted by molar-refractivity contribution is 6.27. The van der Waals surface area contributed by atoms with E-state index in [1.54, 1.807) is 4.90 Å². The molecule has 0 saturated carbocycles. The number of benzene rings is 3. The second kappa shape index (κ2) is 8.91. The number of amides is 3. The van der Waals surface area contributed by atoms with Gasteiger partial charge in [-0.15, -0.1) is 0 Å². The van der Waals surface area contributed by atoms with Gasteiger partial charge >= 0.3 is 0 Å². The van der Waals surface area contributed by atoms with Crippen molar-refractivity contribution in [2.45, 2.75) is 31.8 Å². The number of anilines is 1. The number of hydrogen-bond donors (Lipinski definition) is 2. The maximum Gasteiger partial charge on any atom is 0.259 e. The number of nitrogens with one attached hydrogen (secondary N) is 2. The zero-order valence-corrected chi connectivity index (χ0v) is 19.5. The Bertz CT molecular complexity index is 1330. The van der Waals surface area contributed by atoms with E-state index in [1.165, 1.54) is 11.1 Å². The van der Waals surface area contributed by atoms with Crippen molar-refractivity contribution in [2.75, 3.05) is 31.1 Å². The van der Waals surface area contributed by atoms with Gasteiger partial charge in [0.15, 0.2) is 0 Å². The van der Waals surface area contributed by atoms with Gasteiger partial charge in [0.25, 0.3) is 5.91 Å². The Hall–Kier alpha value is -3.55. The largest absolute Gasteiger partial charge is 0.314 e. The zero-order valence-electron chi connectivity index (χ0n) is 19.5. The number of carbonyl (C=O) groups excluding carboxylic acids is 3. The quantitative estimate of drug-likeness (QED) is 0.563. The van der Waals surface area contributed by atoms with Gasteiger partial charge in [-0.1, -0.05) is 42.5 Å². The van der Waals surface area contributed by atoms with Crippen molar-refractivity contribution in [1.29, 1.82) is 0 Å². The van der Waals surface area contributed by atoms with E-state index in [0.717, 1.165) is 61.2 Å². The van der Waals surface area contributed by atoms with Crippen LogP contribution < -0.4 is 15.5 Å². The Kier molecular flexibility index (Phi) is 5.59. The van der Waals surface area contributed by atoms with Crippen LogP contribution in [-0.2, 0) is 22.6 Å². The molecule has 3 amide bonds. The van der Waals surface area contributed by atoms with Crippen LogP contribution in [0.4, 0.5) is 5.69 Å². The van der Waals surface area contributed by atoms with Gasteiger partial charge in [0.1, 0.15) is 6.04 Å². The van der Waals surface area contributed by atoms with Gasteiger partial charge in [0, 0.05) is 50.1 Å². The smallest absolute Gasteiger partial charge is 0.259 e. The van der Waals surface area contributed by atoms with E-state index < -0.39 is 11.9 Å². The second-order valence-corrected chi connectivity index (χ2v) is 9.63. The Labute approximate surface area is 204 Å². The lowest BCUT2D eigenvalue weighted by atomic mass is 9.95. The minimum absolute atomic E-state index is 0.172. The molecule has 7 nitrogen and oxygen atoms in total. The first-order chi connectivity index (χ1) is 17.1. The lowest BCUT2D eigenvalue weighted by molar-refractivity contribution is -0.134. The van der Waals surface area contributed by atoms with Gasteiger partial charge in [0.05, 0.1) is 5.69 Å². The van der Waals surface area contributed by atoms with Crippen molar-refractivity contribution in [3.05, 3.63) is 76.9 Å². The summed E-state index contributed by atoms with van der Waals surface area (Å²) in [6, 6.07) is 18.0. The molecule has 0 aromatic heterocycles. The summed E-state index contributed by atoms with van der Waals surface area (Å²) >= 11 is 0. The number of carbonyl (C=O) groups is 3. The van der Waals surface area contributed by atoms with E-state index >= 15 is 0 Å². The fourth-order valence-electron chi connectivity index (χ4n) is 5.57. The molecule has 2 N–H and O–H groups in total. The fraction of sp³-hybridized carbons (Fsp3) is 0.321. The van der Waals surface area contributed by atoms with Gasteiger partial charge in [-0.2, -0.15) is 0 Å². The third-order valence-corrected chi connectivity index (χ3v) is 7.37. The van der Waals surface area contributed by atoms with E-state index in [4.69, 9.17) is 0 Å². The average molecular weight is 469 g/mol. The zero-order chi connectivity index (χ0) is 23.9. The predicted molar refractivity (Wildman–Crippen MR) is 134 cm³/mol. The molecule has 3 aliphatic heterocycles. The summed E-state index contributed by atoms with van der Waals surface area (Å²) in [5.74, 6) is -0.857. The first-order valence-corrected chi connectivity index (χ1v) is 12.3. The van der Waals surface area contributed by atoms with Crippen molar-refractivity contribution < 1.29 is 14.4 Å². The summed E-state index contributed by atoms with van der Waals surface area (Å²) < 4.78 is 0. The maximum atomic E-state index is 13.3. The van der Waals surface area contributed by atoms with E-state index in [0.29, 0.717) is 12.0 Å². The van der Waals surface area contributed by atoms with Gasteiger partial charge < -0.3 is 5.32 Å². The fourth-order valence-corrected chi connectivity index (χ4v) is 5.57. The van der Waals surface area contributed by atoms with Crippen LogP contribution in [0.5, 0.6) is 0 Å². The van der Waals surface area contributed by atoms with E-state index in [9.17, 15) is 14.4 Å². The first kappa shape index (κ1) is 21.9. The second-order valence-electron chi connectivity index (χ2n) is 9.63. The number of imide groups is 1. The molecular weight excluding hydrogens is 440 g/mol. The molecule has 1 unspecified atom stereocenters. The molecule has 0 bridgehead atoms. The summed E-state index contributed by atoms with van der Waals surface area (Å²) in [7, 11) is 0. The van der Waals surface area contributed by atoms with Crippen molar-refractivity contribution in [2.24, 2.45) is 0 Å². The highest BCUT2D eigenvalue weighted by atomic mass is 16.2. The van der Waals surface area contributed by atoms with Crippen molar-refractivity contribution >= 4 is 34.2 Å². The van der Waals surface area contributed by atoms with E-state index in [1.807, 2.05) is 18.2 Å². The Morgan fingerprint density at radius 1 is 0.886 bits per heavy atom. The highest BCUT2D eigenvalue weighted by Crippen LogP contribution is 2.41. The third kappa shape index (κ3) is 4.00. The normalized spacial score (nSPS) is 20.5. The predicted octanol–water partition coefficient (Wildman–Crippen LogP) is 2.60. The van der Waals surface area contributed by atoms with Crippen molar-refractivity contribution in [3.8, 4) is 0 Å². The molecule has 1 atom stereocenters. The molecule has 3 aromatic carbocycles.